The number of hydrogen-bond acceptors (Lipinski definition) is 4. The fraction of sp³-hybridized carbons (Fsp3) is 0.238. The van der Waals surface area contributed by atoms with E-state index < -0.39 is 10.0 Å². The zero-order valence-electron chi connectivity index (χ0n) is 16.2. The van der Waals surface area contributed by atoms with Crippen LogP contribution >= 0.6 is 15.9 Å². The molecular weight excluding hydrogens is 442 g/mol. The molecule has 0 fully saturated rings. The van der Waals surface area contributed by atoms with E-state index in [0.29, 0.717) is 27.2 Å². The molecule has 0 aromatic heterocycles. The van der Waals surface area contributed by atoms with Crippen molar-refractivity contribution in [3.8, 4) is 11.5 Å². The van der Waals surface area contributed by atoms with Gasteiger partial charge in [-0.1, -0.05) is 36.4 Å². The maximum Gasteiger partial charge on any atom is 0.232 e. The largest absolute Gasteiger partial charge is 0.496 e. The minimum Gasteiger partial charge on any atom is -0.496 e. The van der Waals surface area contributed by atoms with Gasteiger partial charge in [0, 0.05) is 16.3 Å². The van der Waals surface area contributed by atoms with Crippen molar-refractivity contribution in [1.29, 1.82) is 0 Å². The number of aryl methyl sites for hydroxylation is 1. The van der Waals surface area contributed by atoms with Crippen molar-refractivity contribution < 1.29 is 17.9 Å². The van der Waals surface area contributed by atoms with Crippen LogP contribution in [0.2, 0.25) is 0 Å². The number of ether oxygens (including phenoxy) is 2. The van der Waals surface area contributed by atoms with E-state index in [1.807, 2.05) is 49.4 Å². The summed E-state index contributed by atoms with van der Waals surface area (Å²) < 4.78 is 38.6. The highest BCUT2D eigenvalue weighted by Gasteiger charge is 2.25. The molecule has 0 atom stereocenters. The SMILES string of the molecule is COc1c(Br)c(CN(c2cccc(C)c2)S(C)(=O)=O)c(OC)c2ccccc12. The monoisotopic (exact) mass is 463 g/mol. The van der Waals surface area contributed by atoms with Crippen LogP contribution < -0.4 is 13.8 Å². The summed E-state index contributed by atoms with van der Waals surface area (Å²) in [7, 11) is -0.351. The molecule has 5 nitrogen and oxygen atoms in total. The maximum absolute atomic E-state index is 12.6. The molecule has 0 aliphatic heterocycles. The summed E-state index contributed by atoms with van der Waals surface area (Å²) >= 11 is 3.61. The summed E-state index contributed by atoms with van der Waals surface area (Å²) in [6.45, 7) is 2.03. The molecule has 0 aliphatic rings. The van der Waals surface area contributed by atoms with Crippen molar-refractivity contribution in [3.63, 3.8) is 0 Å². The van der Waals surface area contributed by atoms with Gasteiger partial charge in [-0.15, -0.1) is 0 Å². The van der Waals surface area contributed by atoms with Crippen LogP contribution in [0.25, 0.3) is 10.8 Å². The lowest BCUT2D eigenvalue weighted by Crippen LogP contribution is -2.29. The number of hydrogen-bond donors (Lipinski definition) is 0. The Morgan fingerprint density at radius 2 is 1.57 bits per heavy atom. The number of methoxy groups -OCH3 is 2. The number of anilines is 1. The molecule has 3 rings (SSSR count). The summed E-state index contributed by atoms with van der Waals surface area (Å²) in [5.74, 6) is 1.26. The second kappa shape index (κ2) is 8.01. The fourth-order valence-corrected chi connectivity index (χ4v) is 4.84. The highest BCUT2D eigenvalue weighted by molar-refractivity contribution is 9.10. The first-order valence-electron chi connectivity index (χ1n) is 8.63. The fourth-order valence-electron chi connectivity index (χ4n) is 3.30. The number of benzene rings is 3. The van der Waals surface area contributed by atoms with E-state index in [-0.39, 0.29) is 6.54 Å². The highest BCUT2D eigenvalue weighted by Crippen LogP contribution is 2.44. The molecule has 0 N–H and O–H groups in total. The van der Waals surface area contributed by atoms with Crippen LogP contribution in [-0.2, 0) is 16.6 Å². The molecule has 0 saturated carbocycles. The van der Waals surface area contributed by atoms with Gasteiger partial charge in [0.05, 0.1) is 37.2 Å². The van der Waals surface area contributed by atoms with Crippen molar-refractivity contribution in [3.05, 3.63) is 64.1 Å². The molecule has 0 radical (unpaired) electrons. The first-order chi connectivity index (χ1) is 13.3. The average Bonchev–Trinajstić information content (AvgIpc) is 2.65. The normalized spacial score (nSPS) is 11.5. The smallest absolute Gasteiger partial charge is 0.232 e. The van der Waals surface area contributed by atoms with Crippen molar-refractivity contribution in [2.45, 2.75) is 13.5 Å². The number of sulfonamides is 1. The summed E-state index contributed by atoms with van der Waals surface area (Å²) in [4.78, 5) is 0. The molecule has 3 aromatic rings. The predicted octanol–water partition coefficient (Wildman–Crippen LogP) is 4.89. The summed E-state index contributed by atoms with van der Waals surface area (Å²) in [5.41, 5.74) is 2.28. The van der Waals surface area contributed by atoms with E-state index >= 15 is 0 Å². The molecule has 28 heavy (non-hydrogen) atoms. The highest BCUT2D eigenvalue weighted by atomic mass is 79.9. The minimum atomic E-state index is -3.53. The van der Waals surface area contributed by atoms with Gasteiger partial charge >= 0.3 is 0 Å². The Hall–Kier alpha value is -2.25. The Morgan fingerprint density at radius 3 is 2.11 bits per heavy atom. The van der Waals surface area contributed by atoms with E-state index in [1.54, 1.807) is 20.3 Å². The van der Waals surface area contributed by atoms with Gasteiger partial charge in [0.25, 0.3) is 0 Å². The van der Waals surface area contributed by atoms with Crippen LogP contribution in [0.1, 0.15) is 11.1 Å². The number of halogens is 1. The average molecular weight is 464 g/mol. The molecule has 0 amide bonds. The van der Waals surface area contributed by atoms with Gasteiger partial charge in [-0.25, -0.2) is 8.42 Å². The van der Waals surface area contributed by atoms with E-state index in [4.69, 9.17) is 9.47 Å². The van der Waals surface area contributed by atoms with Crippen LogP contribution in [0.5, 0.6) is 11.5 Å². The van der Waals surface area contributed by atoms with Crippen LogP contribution in [0.4, 0.5) is 5.69 Å². The zero-order valence-corrected chi connectivity index (χ0v) is 18.6. The van der Waals surface area contributed by atoms with Crippen molar-refractivity contribution in [2.75, 3.05) is 24.8 Å². The Labute approximate surface area is 174 Å². The quantitative estimate of drug-likeness (QED) is 0.521. The van der Waals surface area contributed by atoms with E-state index in [9.17, 15) is 8.42 Å². The molecule has 3 aromatic carbocycles. The van der Waals surface area contributed by atoms with Gasteiger partial charge in [-0.3, -0.25) is 4.31 Å². The number of fused-ring (bicyclic) bond motifs is 1. The molecule has 0 bridgehead atoms. The Kier molecular flexibility index (Phi) is 5.86. The van der Waals surface area contributed by atoms with Crippen LogP contribution in [0.3, 0.4) is 0 Å². The van der Waals surface area contributed by atoms with Crippen molar-refractivity contribution in [2.24, 2.45) is 0 Å². The first kappa shape index (κ1) is 20.5. The van der Waals surface area contributed by atoms with Crippen LogP contribution in [0.15, 0.2) is 53.0 Å². The molecule has 0 unspecified atom stereocenters. The lowest BCUT2D eigenvalue weighted by atomic mass is 10.0. The van der Waals surface area contributed by atoms with E-state index in [0.717, 1.165) is 16.3 Å². The first-order valence-corrected chi connectivity index (χ1v) is 11.3. The second-order valence-electron chi connectivity index (χ2n) is 6.51. The Balaban J connectivity index is 2.25. The van der Waals surface area contributed by atoms with Gasteiger partial charge < -0.3 is 9.47 Å². The summed E-state index contributed by atoms with van der Waals surface area (Å²) in [6.07, 6.45) is 1.20. The molecule has 148 valence electrons. The second-order valence-corrected chi connectivity index (χ2v) is 9.21. The molecule has 0 aliphatic carbocycles. The molecule has 0 heterocycles. The van der Waals surface area contributed by atoms with Gasteiger partial charge in [0.2, 0.25) is 10.0 Å². The third kappa shape index (κ3) is 3.82. The maximum atomic E-state index is 12.6. The topological polar surface area (TPSA) is 55.8 Å². The third-order valence-electron chi connectivity index (χ3n) is 4.55. The van der Waals surface area contributed by atoms with Gasteiger partial charge in [-0.05, 0) is 40.5 Å². The van der Waals surface area contributed by atoms with Gasteiger partial charge in [0.1, 0.15) is 11.5 Å². The summed E-state index contributed by atoms with van der Waals surface area (Å²) in [6, 6.07) is 15.1. The third-order valence-corrected chi connectivity index (χ3v) is 6.53. The number of rotatable bonds is 6. The molecular formula is C21H22BrNO4S. The number of nitrogens with zero attached hydrogens (tertiary/aromatic N) is 1. The van der Waals surface area contributed by atoms with Crippen molar-refractivity contribution in [1.82, 2.24) is 0 Å². The lowest BCUT2D eigenvalue weighted by Gasteiger charge is -2.26. The standard InChI is InChI=1S/C21H22BrNO4S/c1-14-8-7-9-15(12-14)23(28(4,24)25)13-18-19(22)21(27-3)17-11-6-5-10-16(17)20(18)26-2/h5-12H,13H2,1-4H3. The lowest BCUT2D eigenvalue weighted by molar-refractivity contribution is 0.404. The van der Waals surface area contributed by atoms with Gasteiger partial charge in [-0.2, -0.15) is 0 Å². The zero-order chi connectivity index (χ0) is 20.5. The molecule has 0 spiro atoms. The van der Waals surface area contributed by atoms with E-state index in [1.165, 1.54) is 10.6 Å². The van der Waals surface area contributed by atoms with Crippen LogP contribution in [-0.4, -0.2) is 28.9 Å². The van der Waals surface area contributed by atoms with Crippen LogP contribution in [0, 0.1) is 6.92 Å². The minimum absolute atomic E-state index is 0.104. The summed E-state index contributed by atoms with van der Waals surface area (Å²) in [5, 5.41) is 1.75. The predicted molar refractivity (Wildman–Crippen MR) is 117 cm³/mol. The Bertz CT molecular complexity index is 1130. The Morgan fingerprint density at radius 1 is 0.964 bits per heavy atom. The molecule has 7 heteroatoms. The van der Waals surface area contributed by atoms with Crippen molar-refractivity contribution >= 4 is 42.4 Å². The molecule has 0 saturated heterocycles. The van der Waals surface area contributed by atoms with E-state index in [2.05, 4.69) is 15.9 Å². The van der Waals surface area contributed by atoms with Gasteiger partial charge in [0.15, 0.2) is 0 Å².